The molecule has 168 valence electrons. The molecule has 1 aliphatic rings. The molecule has 9 nitrogen and oxygen atoms in total. The van der Waals surface area contributed by atoms with Crippen molar-refractivity contribution in [2.24, 2.45) is 0 Å². The number of amides is 1. The maximum Gasteiger partial charge on any atom is 0.340 e. The number of methoxy groups -OCH3 is 1. The number of ether oxygens (including phenoxy) is 1. The van der Waals surface area contributed by atoms with Gasteiger partial charge in [-0.25, -0.2) is 17.9 Å². The first-order valence-corrected chi connectivity index (χ1v) is 12.7. The molecule has 0 bridgehead atoms. The molecule has 0 saturated carbocycles. The Kier molecular flexibility index (Phi) is 6.38. The van der Waals surface area contributed by atoms with Crippen molar-refractivity contribution in [3.05, 3.63) is 63.3 Å². The van der Waals surface area contributed by atoms with E-state index < -0.39 is 16.0 Å². The van der Waals surface area contributed by atoms with Crippen LogP contribution in [0.15, 0.2) is 34.7 Å². The lowest BCUT2D eigenvalue weighted by molar-refractivity contribution is 0.0595. The highest BCUT2D eigenvalue weighted by Crippen LogP contribution is 2.37. The molecule has 4 rings (SSSR count). The van der Waals surface area contributed by atoms with Gasteiger partial charge in [-0.05, 0) is 24.5 Å². The normalized spacial score (nSPS) is 13.6. The van der Waals surface area contributed by atoms with Crippen LogP contribution in [0.1, 0.15) is 42.4 Å². The molecule has 0 atom stereocenters. The summed E-state index contributed by atoms with van der Waals surface area (Å²) in [5.41, 5.74) is 2.77. The standard InChI is InChI=1S/C20H20N4O5S3/c1-12-3-5-13(6-4-12)9-22-32(27,28)20-17(19(26)29-2)14-7-8-24(11-16(14)30-20)18(25)15-10-21-31-23-15/h3-6,10,22H,7-9,11H2,1-2H3. The number of carbonyl (C=O) groups excluding carboxylic acids is 2. The zero-order chi connectivity index (χ0) is 22.9. The zero-order valence-electron chi connectivity index (χ0n) is 17.3. The molecule has 1 N–H and O–H groups in total. The van der Waals surface area contributed by atoms with Gasteiger partial charge in [0.1, 0.15) is 4.21 Å². The van der Waals surface area contributed by atoms with Crippen LogP contribution in [-0.2, 0) is 34.3 Å². The lowest BCUT2D eigenvalue weighted by Crippen LogP contribution is -2.35. The first-order chi connectivity index (χ1) is 15.3. The summed E-state index contributed by atoms with van der Waals surface area (Å²) in [5.74, 6) is -0.985. The Balaban J connectivity index is 1.63. The number of nitrogens with zero attached hydrogens (tertiary/aromatic N) is 3. The highest BCUT2D eigenvalue weighted by Gasteiger charge is 2.35. The molecule has 0 unspecified atom stereocenters. The highest BCUT2D eigenvalue weighted by atomic mass is 32.2. The van der Waals surface area contributed by atoms with E-state index in [0.717, 1.165) is 34.2 Å². The molecule has 0 saturated heterocycles. The van der Waals surface area contributed by atoms with Crippen LogP contribution in [-0.4, -0.2) is 47.6 Å². The van der Waals surface area contributed by atoms with Crippen molar-refractivity contribution in [2.75, 3.05) is 13.7 Å². The first-order valence-electron chi connectivity index (χ1n) is 9.65. The van der Waals surface area contributed by atoms with Gasteiger partial charge >= 0.3 is 5.97 Å². The van der Waals surface area contributed by atoms with E-state index in [1.807, 2.05) is 31.2 Å². The van der Waals surface area contributed by atoms with Crippen LogP contribution in [0.4, 0.5) is 0 Å². The van der Waals surface area contributed by atoms with Gasteiger partial charge in [0.25, 0.3) is 15.9 Å². The van der Waals surface area contributed by atoms with E-state index in [2.05, 4.69) is 13.5 Å². The van der Waals surface area contributed by atoms with E-state index in [1.165, 1.54) is 13.3 Å². The summed E-state index contributed by atoms with van der Waals surface area (Å²) in [6.07, 6.45) is 1.74. The topological polar surface area (TPSA) is 119 Å². The number of carbonyl (C=O) groups is 2. The third-order valence-corrected chi connectivity index (χ3v) is 8.73. The average molecular weight is 493 g/mol. The van der Waals surface area contributed by atoms with Crippen LogP contribution >= 0.6 is 23.1 Å². The van der Waals surface area contributed by atoms with Gasteiger partial charge in [-0.2, -0.15) is 8.75 Å². The van der Waals surface area contributed by atoms with Crippen LogP contribution in [0.5, 0.6) is 0 Å². The van der Waals surface area contributed by atoms with E-state index in [1.54, 1.807) is 4.90 Å². The SMILES string of the molecule is COC(=O)c1c(S(=O)(=O)NCc2ccc(C)cc2)sc2c1CCN(C(=O)c1cnsn1)C2. The van der Waals surface area contributed by atoms with Gasteiger partial charge in [0.2, 0.25) is 0 Å². The van der Waals surface area contributed by atoms with Gasteiger partial charge in [-0.1, -0.05) is 29.8 Å². The summed E-state index contributed by atoms with van der Waals surface area (Å²) in [6.45, 7) is 2.56. The number of rotatable bonds is 6. The van der Waals surface area contributed by atoms with Gasteiger partial charge in [0, 0.05) is 18.0 Å². The molecule has 1 aliphatic heterocycles. The van der Waals surface area contributed by atoms with Crippen molar-refractivity contribution in [2.45, 2.75) is 30.6 Å². The fourth-order valence-corrected chi connectivity index (χ4v) is 6.79. The van der Waals surface area contributed by atoms with Crippen molar-refractivity contribution in [3.63, 3.8) is 0 Å². The summed E-state index contributed by atoms with van der Waals surface area (Å²) < 4.78 is 41.4. The van der Waals surface area contributed by atoms with Crippen LogP contribution in [0.25, 0.3) is 0 Å². The number of fused-ring (bicyclic) bond motifs is 1. The van der Waals surface area contributed by atoms with Crippen molar-refractivity contribution < 1.29 is 22.7 Å². The van der Waals surface area contributed by atoms with Crippen LogP contribution in [0.3, 0.4) is 0 Å². The number of sulfonamides is 1. The summed E-state index contributed by atoms with van der Waals surface area (Å²) >= 11 is 1.93. The second kappa shape index (κ2) is 9.06. The molecule has 0 fully saturated rings. The lowest BCUT2D eigenvalue weighted by atomic mass is 10.0. The first kappa shape index (κ1) is 22.5. The Bertz CT molecular complexity index is 1250. The van der Waals surface area contributed by atoms with Gasteiger partial charge in [-0.15, -0.1) is 11.3 Å². The Morgan fingerprint density at radius 1 is 1.25 bits per heavy atom. The summed E-state index contributed by atoms with van der Waals surface area (Å²) in [6, 6.07) is 7.48. The summed E-state index contributed by atoms with van der Waals surface area (Å²) in [4.78, 5) is 27.4. The Hall–Kier alpha value is -2.67. The van der Waals surface area contributed by atoms with Gasteiger partial charge in [0.15, 0.2) is 5.69 Å². The molecule has 1 aromatic carbocycles. The molecule has 3 aromatic rings. The number of hydrogen-bond acceptors (Lipinski definition) is 9. The molecule has 2 aromatic heterocycles. The summed E-state index contributed by atoms with van der Waals surface area (Å²) in [5, 5.41) is 0. The number of esters is 1. The molecule has 1 amide bonds. The number of hydrogen-bond donors (Lipinski definition) is 1. The Labute approximate surface area is 193 Å². The lowest BCUT2D eigenvalue weighted by Gasteiger charge is -2.26. The second-order valence-electron chi connectivity index (χ2n) is 7.24. The van der Waals surface area contributed by atoms with Crippen LogP contribution in [0, 0.1) is 6.92 Å². The number of aromatic nitrogens is 2. The fraction of sp³-hybridized carbons (Fsp3) is 0.300. The number of nitrogens with one attached hydrogen (secondary N) is 1. The summed E-state index contributed by atoms with van der Waals surface area (Å²) in [7, 11) is -2.77. The van der Waals surface area contributed by atoms with Gasteiger partial charge in [0.05, 0.1) is 37.1 Å². The van der Waals surface area contributed by atoms with Crippen molar-refractivity contribution in [3.8, 4) is 0 Å². The minimum atomic E-state index is -3.99. The molecule has 0 spiro atoms. The van der Waals surface area contributed by atoms with Gasteiger partial charge in [-0.3, -0.25) is 4.79 Å². The minimum Gasteiger partial charge on any atom is -0.465 e. The van der Waals surface area contributed by atoms with E-state index >= 15 is 0 Å². The second-order valence-corrected chi connectivity index (χ2v) is 10.9. The monoisotopic (exact) mass is 492 g/mol. The molecule has 12 heteroatoms. The van der Waals surface area contributed by atoms with Crippen LogP contribution < -0.4 is 4.72 Å². The average Bonchev–Trinajstić information content (AvgIpc) is 3.46. The maximum absolute atomic E-state index is 13.1. The Morgan fingerprint density at radius 2 is 2.00 bits per heavy atom. The zero-order valence-corrected chi connectivity index (χ0v) is 19.8. The largest absolute Gasteiger partial charge is 0.465 e. The van der Waals surface area contributed by atoms with Crippen molar-refractivity contribution in [1.82, 2.24) is 18.4 Å². The van der Waals surface area contributed by atoms with E-state index in [4.69, 9.17) is 4.74 Å². The van der Waals surface area contributed by atoms with Crippen molar-refractivity contribution in [1.29, 1.82) is 0 Å². The fourth-order valence-electron chi connectivity index (χ4n) is 3.42. The quantitative estimate of drug-likeness (QED) is 0.525. The predicted molar refractivity (Wildman–Crippen MR) is 119 cm³/mol. The number of thiophene rings is 1. The third-order valence-electron chi connectivity index (χ3n) is 5.11. The molecular formula is C20H20N4O5S3. The Morgan fingerprint density at radius 3 is 2.66 bits per heavy atom. The molecule has 0 radical (unpaired) electrons. The van der Waals surface area contributed by atoms with E-state index in [9.17, 15) is 18.0 Å². The van der Waals surface area contributed by atoms with Gasteiger partial charge < -0.3 is 9.64 Å². The third kappa shape index (κ3) is 4.44. The molecule has 0 aliphatic carbocycles. The highest BCUT2D eigenvalue weighted by molar-refractivity contribution is 7.91. The molecule has 3 heterocycles. The minimum absolute atomic E-state index is 0.0475. The molecule has 32 heavy (non-hydrogen) atoms. The van der Waals surface area contributed by atoms with Crippen LogP contribution in [0.2, 0.25) is 0 Å². The maximum atomic E-state index is 13.1. The van der Waals surface area contributed by atoms with E-state index in [0.29, 0.717) is 23.4 Å². The molecular weight excluding hydrogens is 472 g/mol. The van der Waals surface area contributed by atoms with Crippen molar-refractivity contribution >= 4 is 45.0 Å². The number of aryl methyl sites for hydroxylation is 1. The number of benzene rings is 1. The van der Waals surface area contributed by atoms with E-state index in [-0.39, 0.29) is 34.5 Å². The smallest absolute Gasteiger partial charge is 0.340 e. The predicted octanol–water partition coefficient (Wildman–Crippen LogP) is 2.37.